The molecule has 0 aliphatic carbocycles. The van der Waals surface area contributed by atoms with Crippen molar-refractivity contribution in [2.75, 3.05) is 6.54 Å². The number of rotatable bonds is 3. The van der Waals surface area contributed by atoms with Crippen molar-refractivity contribution in [1.82, 2.24) is 4.90 Å². The molecule has 1 saturated heterocycles. The Hall–Kier alpha value is -2.09. The van der Waals surface area contributed by atoms with E-state index < -0.39 is 18.1 Å². The number of likely N-dealkylation sites (tertiary alicyclic amines) is 1. The van der Waals surface area contributed by atoms with Gasteiger partial charge in [0.25, 0.3) is 0 Å². The van der Waals surface area contributed by atoms with Crippen LogP contribution in [-0.4, -0.2) is 45.8 Å². The second kappa shape index (κ2) is 7.79. The van der Waals surface area contributed by atoms with E-state index in [2.05, 4.69) is 0 Å². The number of carbonyl (C=O) groups is 2. The van der Waals surface area contributed by atoms with Gasteiger partial charge in [0.2, 0.25) is 0 Å². The van der Waals surface area contributed by atoms with Crippen LogP contribution >= 0.6 is 0 Å². The highest BCUT2D eigenvalue weighted by Gasteiger charge is 2.38. The molecular formula is C14H16F3NO4. The fourth-order valence-electron chi connectivity index (χ4n) is 2.11. The number of hydrogen-bond acceptors (Lipinski definition) is 3. The van der Waals surface area contributed by atoms with E-state index in [1.165, 1.54) is 5.56 Å². The van der Waals surface area contributed by atoms with Gasteiger partial charge in [-0.05, 0) is 24.9 Å². The molecule has 5 nitrogen and oxygen atoms in total. The molecule has 0 amide bonds. The third kappa shape index (κ3) is 5.72. The van der Waals surface area contributed by atoms with Crippen molar-refractivity contribution in [3.63, 3.8) is 0 Å². The van der Waals surface area contributed by atoms with Crippen molar-refractivity contribution in [3.05, 3.63) is 35.9 Å². The molecule has 1 atom stereocenters. The molecule has 1 heterocycles. The first-order valence-corrected chi connectivity index (χ1v) is 6.52. The summed E-state index contributed by atoms with van der Waals surface area (Å²) in [5, 5.41) is 16.1. The number of carboxylic acids is 2. The van der Waals surface area contributed by atoms with Gasteiger partial charge in [-0.15, -0.1) is 0 Å². The molecule has 8 heteroatoms. The molecule has 1 aromatic carbocycles. The summed E-state index contributed by atoms with van der Waals surface area (Å²) in [5.41, 5.74) is 1.19. The maximum Gasteiger partial charge on any atom is 0.490 e. The standard InChI is InChI=1S/C12H15NO2.C2HF3O2/c14-12(15)11-7-4-8-13(11)9-10-5-2-1-3-6-10;3-2(4,5)1(6)7/h1-3,5-6,11H,4,7-9H2,(H,14,15);(H,6,7)/t11-;/m0./s1. The Balaban J connectivity index is 0.000000295. The molecule has 0 radical (unpaired) electrons. The summed E-state index contributed by atoms with van der Waals surface area (Å²) in [7, 11) is 0. The van der Waals surface area contributed by atoms with Crippen LogP contribution in [0.4, 0.5) is 13.2 Å². The monoisotopic (exact) mass is 319 g/mol. The number of carboxylic acid groups (broad SMARTS) is 2. The SMILES string of the molecule is O=C(O)C(F)(F)F.O=C(O)[C@@H]1CCCN1Cc1ccccc1. The molecule has 22 heavy (non-hydrogen) atoms. The summed E-state index contributed by atoms with van der Waals surface area (Å²) < 4.78 is 31.7. The summed E-state index contributed by atoms with van der Waals surface area (Å²) in [5.74, 6) is -3.45. The predicted octanol–water partition coefficient (Wildman–Crippen LogP) is 2.37. The maximum atomic E-state index is 11.0. The summed E-state index contributed by atoms with van der Waals surface area (Å²) >= 11 is 0. The lowest BCUT2D eigenvalue weighted by atomic mass is 10.2. The number of hydrogen-bond donors (Lipinski definition) is 2. The first-order valence-electron chi connectivity index (χ1n) is 6.52. The van der Waals surface area contributed by atoms with Crippen molar-refractivity contribution in [2.24, 2.45) is 0 Å². The number of alkyl halides is 3. The molecular weight excluding hydrogens is 303 g/mol. The summed E-state index contributed by atoms with van der Waals surface area (Å²) in [6, 6.07) is 9.74. The quantitative estimate of drug-likeness (QED) is 0.894. The van der Waals surface area contributed by atoms with Crippen molar-refractivity contribution >= 4 is 11.9 Å². The largest absolute Gasteiger partial charge is 0.490 e. The molecule has 0 unspecified atom stereocenters. The van der Waals surface area contributed by atoms with E-state index >= 15 is 0 Å². The van der Waals surface area contributed by atoms with Gasteiger partial charge in [-0.2, -0.15) is 13.2 Å². The lowest BCUT2D eigenvalue weighted by molar-refractivity contribution is -0.192. The fraction of sp³-hybridized carbons (Fsp3) is 0.429. The van der Waals surface area contributed by atoms with E-state index in [1.807, 2.05) is 35.2 Å². The Morgan fingerprint density at radius 3 is 2.18 bits per heavy atom. The molecule has 0 saturated carbocycles. The number of aliphatic carboxylic acids is 2. The van der Waals surface area contributed by atoms with Crippen LogP contribution < -0.4 is 0 Å². The Morgan fingerprint density at radius 2 is 1.73 bits per heavy atom. The number of benzene rings is 1. The van der Waals surface area contributed by atoms with Crippen LogP contribution in [0.2, 0.25) is 0 Å². The van der Waals surface area contributed by atoms with E-state index in [1.54, 1.807) is 0 Å². The second-order valence-electron chi connectivity index (χ2n) is 4.76. The Kier molecular flexibility index (Phi) is 6.36. The molecule has 0 spiro atoms. The van der Waals surface area contributed by atoms with E-state index in [4.69, 9.17) is 15.0 Å². The number of halogens is 3. The highest BCUT2D eigenvalue weighted by atomic mass is 19.4. The molecule has 0 aromatic heterocycles. The maximum absolute atomic E-state index is 11.0. The van der Waals surface area contributed by atoms with Crippen molar-refractivity contribution in [2.45, 2.75) is 31.6 Å². The second-order valence-corrected chi connectivity index (χ2v) is 4.76. The molecule has 122 valence electrons. The summed E-state index contributed by atoms with van der Waals surface area (Å²) in [6.07, 6.45) is -3.31. The fourth-order valence-corrected chi connectivity index (χ4v) is 2.11. The van der Waals surface area contributed by atoms with Crippen molar-refractivity contribution in [3.8, 4) is 0 Å². The molecule has 2 rings (SSSR count). The van der Waals surface area contributed by atoms with Crippen LogP contribution in [0, 0.1) is 0 Å². The molecule has 1 fully saturated rings. The van der Waals surface area contributed by atoms with Crippen LogP contribution in [0.3, 0.4) is 0 Å². The predicted molar refractivity (Wildman–Crippen MR) is 71.2 cm³/mol. The van der Waals surface area contributed by atoms with Gasteiger partial charge in [-0.25, -0.2) is 4.79 Å². The van der Waals surface area contributed by atoms with Crippen LogP contribution in [0.1, 0.15) is 18.4 Å². The van der Waals surface area contributed by atoms with Crippen molar-refractivity contribution in [1.29, 1.82) is 0 Å². The Morgan fingerprint density at radius 1 is 1.18 bits per heavy atom. The molecule has 2 N–H and O–H groups in total. The van der Waals surface area contributed by atoms with E-state index in [0.29, 0.717) is 0 Å². The highest BCUT2D eigenvalue weighted by Crippen LogP contribution is 2.19. The third-order valence-corrected chi connectivity index (χ3v) is 3.12. The van der Waals surface area contributed by atoms with Crippen LogP contribution in [-0.2, 0) is 16.1 Å². The highest BCUT2D eigenvalue weighted by molar-refractivity contribution is 5.73. The zero-order valence-electron chi connectivity index (χ0n) is 11.6. The minimum Gasteiger partial charge on any atom is -0.480 e. The van der Waals surface area contributed by atoms with E-state index in [-0.39, 0.29) is 6.04 Å². The van der Waals surface area contributed by atoms with Crippen LogP contribution in [0.15, 0.2) is 30.3 Å². The number of nitrogens with zero attached hydrogens (tertiary/aromatic N) is 1. The minimum atomic E-state index is -5.08. The molecule has 1 aliphatic heterocycles. The Labute approximate surface area is 125 Å². The summed E-state index contributed by atoms with van der Waals surface area (Å²) in [6.45, 7) is 1.64. The minimum absolute atomic E-state index is 0.287. The normalized spacial score (nSPS) is 18.4. The zero-order valence-corrected chi connectivity index (χ0v) is 11.6. The molecule has 1 aliphatic rings. The molecule has 0 bridgehead atoms. The van der Waals surface area contributed by atoms with Gasteiger partial charge in [0.15, 0.2) is 0 Å². The molecule has 1 aromatic rings. The van der Waals surface area contributed by atoms with Gasteiger partial charge >= 0.3 is 18.1 Å². The van der Waals surface area contributed by atoms with Gasteiger partial charge in [-0.3, -0.25) is 9.69 Å². The topological polar surface area (TPSA) is 77.8 Å². The van der Waals surface area contributed by atoms with Gasteiger partial charge in [-0.1, -0.05) is 30.3 Å². The van der Waals surface area contributed by atoms with Gasteiger partial charge in [0.1, 0.15) is 6.04 Å². The lowest BCUT2D eigenvalue weighted by Crippen LogP contribution is -2.35. The van der Waals surface area contributed by atoms with Crippen molar-refractivity contribution < 1.29 is 33.0 Å². The van der Waals surface area contributed by atoms with Gasteiger partial charge in [0.05, 0.1) is 0 Å². The summed E-state index contributed by atoms with van der Waals surface area (Å²) in [4.78, 5) is 21.9. The van der Waals surface area contributed by atoms with E-state index in [9.17, 15) is 18.0 Å². The Bertz CT molecular complexity index is 505. The van der Waals surface area contributed by atoms with Crippen LogP contribution in [0.5, 0.6) is 0 Å². The van der Waals surface area contributed by atoms with Crippen LogP contribution in [0.25, 0.3) is 0 Å². The van der Waals surface area contributed by atoms with Gasteiger partial charge in [0, 0.05) is 6.54 Å². The van der Waals surface area contributed by atoms with E-state index in [0.717, 1.165) is 25.9 Å². The first kappa shape index (κ1) is 18.0. The average Bonchev–Trinajstić information content (AvgIpc) is 2.88. The third-order valence-electron chi connectivity index (χ3n) is 3.12. The van der Waals surface area contributed by atoms with Gasteiger partial charge < -0.3 is 10.2 Å². The smallest absolute Gasteiger partial charge is 0.480 e. The zero-order chi connectivity index (χ0) is 16.8. The first-order chi connectivity index (χ1) is 10.2. The lowest BCUT2D eigenvalue weighted by Gasteiger charge is -2.20. The average molecular weight is 319 g/mol.